The van der Waals surface area contributed by atoms with Gasteiger partial charge in [0.2, 0.25) is 15.9 Å². The lowest BCUT2D eigenvalue weighted by molar-refractivity contribution is -0.123. The molecule has 1 atom stereocenters. The number of ether oxygens (including phenoxy) is 1. The zero-order valence-electron chi connectivity index (χ0n) is 18.8. The summed E-state index contributed by atoms with van der Waals surface area (Å²) in [6.07, 6.45) is 4.90. The Morgan fingerprint density at radius 2 is 1.84 bits per heavy atom. The van der Waals surface area contributed by atoms with E-state index in [1.165, 1.54) is 0 Å². The Labute approximate surface area is 191 Å². The normalized spacial score (nSPS) is 20.5. The van der Waals surface area contributed by atoms with E-state index < -0.39 is 15.4 Å². The van der Waals surface area contributed by atoms with Crippen LogP contribution in [0.25, 0.3) is 0 Å². The number of para-hydroxylation sites is 1. The number of piperidine rings is 1. The molecule has 1 unspecified atom stereocenters. The third-order valence-corrected chi connectivity index (χ3v) is 8.74. The molecule has 172 valence electrons. The fourth-order valence-electron chi connectivity index (χ4n) is 4.73. The molecular formula is C25H32N2O4S. The molecule has 1 saturated carbocycles. The van der Waals surface area contributed by atoms with Gasteiger partial charge in [-0.05, 0) is 57.2 Å². The van der Waals surface area contributed by atoms with Crippen molar-refractivity contribution in [2.75, 3.05) is 20.2 Å². The standard InChI is InChI=1S/C25H32N2O4S/c1-19-10-12-21(13-11-19)32(29,30)27-18-6-5-7-20(27)14-17-26-24(28)25(15-16-25)22-8-3-4-9-23(22)31-2/h3-4,8-13,20H,5-7,14-18H2,1-2H3,(H,26,28). The van der Waals surface area contributed by atoms with Crippen molar-refractivity contribution in [3.63, 3.8) is 0 Å². The minimum absolute atomic E-state index is 0.00533. The van der Waals surface area contributed by atoms with Crippen molar-refractivity contribution in [3.8, 4) is 5.75 Å². The second-order valence-corrected chi connectivity index (χ2v) is 10.8. The summed E-state index contributed by atoms with van der Waals surface area (Å²) in [4.78, 5) is 13.4. The van der Waals surface area contributed by atoms with Gasteiger partial charge in [-0.25, -0.2) is 8.42 Å². The van der Waals surface area contributed by atoms with E-state index in [4.69, 9.17) is 4.74 Å². The van der Waals surface area contributed by atoms with Gasteiger partial charge in [0, 0.05) is 24.7 Å². The van der Waals surface area contributed by atoms with Crippen LogP contribution in [-0.2, 0) is 20.2 Å². The molecule has 1 amide bonds. The molecule has 1 aliphatic heterocycles. The lowest BCUT2D eigenvalue weighted by Gasteiger charge is -2.35. The fraction of sp³-hybridized carbons (Fsp3) is 0.480. The monoisotopic (exact) mass is 456 g/mol. The van der Waals surface area contributed by atoms with Gasteiger partial charge in [0.1, 0.15) is 5.75 Å². The van der Waals surface area contributed by atoms with Gasteiger partial charge in [0.15, 0.2) is 0 Å². The molecule has 0 aromatic heterocycles. The molecule has 2 aliphatic rings. The third kappa shape index (κ3) is 4.41. The Balaban J connectivity index is 1.41. The first kappa shape index (κ1) is 22.8. The van der Waals surface area contributed by atoms with Crippen molar-refractivity contribution in [2.45, 2.75) is 61.8 Å². The van der Waals surface area contributed by atoms with Gasteiger partial charge < -0.3 is 10.1 Å². The van der Waals surface area contributed by atoms with Crippen LogP contribution < -0.4 is 10.1 Å². The Morgan fingerprint density at radius 3 is 2.53 bits per heavy atom. The molecule has 1 saturated heterocycles. The van der Waals surface area contributed by atoms with Crippen molar-refractivity contribution in [1.82, 2.24) is 9.62 Å². The number of sulfonamides is 1. The van der Waals surface area contributed by atoms with Crippen molar-refractivity contribution in [3.05, 3.63) is 59.7 Å². The Bertz CT molecular complexity index is 1060. The van der Waals surface area contributed by atoms with Crippen LogP contribution in [0.3, 0.4) is 0 Å². The fourth-order valence-corrected chi connectivity index (χ4v) is 6.45. The Kier molecular flexibility index (Phi) is 6.58. The molecule has 0 radical (unpaired) electrons. The first-order chi connectivity index (χ1) is 15.4. The van der Waals surface area contributed by atoms with Gasteiger partial charge in [0.25, 0.3) is 0 Å². The quantitative estimate of drug-likeness (QED) is 0.656. The third-order valence-electron chi connectivity index (χ3n) is 6.77. The topological polar surface area (TPSA) is 75.7 Å². The average Bonchev–Trinajstić information content (AvgIpc) is 3.61. The summed E-state index contributed by atoms with van der Waals surface area (Å²) >= 11 is 0. The lowest BCUT2D eigenvalue weighted by Crippen LogP contribution is -2.45. The summed E-state index contributed by atoms with van der Waals surface area (Å²) in [5.41, 5.74) is 1.44. The molecular weight excluding hydrogens is 424 g/mol. The van der Waals surface area contributed by atoms with Gasteiger partial charge in [0.05, 0.1) is 17.4 Å². The number of carbonyl (C=O) groups excluding carboxylic acids is 1. The van der Waals surface area contributed by atoms with Gasteiger partial charge in [-0.15, -0.1) is 0 Å². The molecule has 6 nitrogen and oxygen atoms in total. The van der Waals surface area contributed by atoms with Crippen LogP contribution in [0, 0.1) is 6.92 Å². The maximum absolute atomic E-state index is 13.3. The van der Waals surface area contributed by atoms with Crippen molar-refractivity contribution < 1.29 is 17.9 Å². The summed E-state index contributed by atoms with van der Waals surface area (Å²) in [6, 6.07) is 14.6. The number of benzene rings is 2. The predicted molar refractivity (Wildman–Crippen MR) is 124 cm³/mol. The van der Waals surface area contributed by atoms with Gasteiger partial charge in [-0.2, -0.15) is 4.31 Å². The van der Waals surface area contributed by atoms with Crippen LogP contribution in [0.4, 0.5) is 0 Å². The van der Waals surface area contributed by atoms with Crippen LogP contribution in [-0.4, -0.2) is 44.9 Å². The molecule has 2 aromatic rings. The number of carbonyl (C=O) groups is 1. The average molecular weight is 457 g/mol. The number of rotatable bonds is 8. The lowest BCUT2D eigenvalue weighted by atomic mass is 9.93. The zero-order chi connectivity index (χ0) is 22.8. The minimum Gasteiger partial charge on any atom is -0.496 e. The summed E-state index contributed by atoms with van der Waals surface area (Å²) in [5, 5.41) is 3.09. The molecule has 4 rings (SSSR count). The van der Waals surface area contributed by atoms with E-state index in [1.807, 2.05) is 43.3 Å². The zero-order valence-corrected chi connectivity index (χ0v) is 19.7. The number of methoxy groups -OCH3 is 1. The van der Waals surface area contributed by atoms with E-state index in [2.05, 4.69) is 5.32 Å². The summed E-state index contributed by atoms with van der Waals surface area (Å²) in [7, 11) is -1.92. The van der Waals surface area contributed by atoms with Crippen molar-refractivity contribution in [1.29, 1.82) is 0 Å². The first-order valence-electron chi connectivity index (χ1n) is 11.4. The number of hydrogen-bond acceptors (Lipinski definition) is 4. The van der Waals surface area contributed by atoms with E-state index in [-0.39, 0.29) is 11.9 Å². The SMILES string of the molecule is COc1ccccc1C1(C(=O)NCCC2CCCCN2S(=O)(=O)c2ccc(C)cc2)CC1. The van der Waals surface area contributed by atoms with Gasteiger partial charge in [-0.1, -0.05) is 42.3 Å². The highest BCUT2D eigenvalue weighted by molar-refractivity contribution is 7.89. The molecule has 0 bridgehead atoms. The van der Waals surface area contributed by atoms with Crippen molar-refractivity contribution >= 4 is 15.9 Å². The second-order valence-electron chi connectivity index (χ2n) is 8.91. The summed E-state index contributed by atoms with van der Waals surface area (Å²) < 4.78 is 33.6. The van der Waals surface area contributed by atoms with E-state index >= 15 is 0 Å². The molecule has 7 heteroatoms. The molecule has 2 aromatic carbocycles. The largest absolute Gasteiger partial charge is 0.496 e. The molecule has 1 aliphatic carbocycles. The van der Waals surface area contributed by atoms with Crippen LogP contribution in [0.15, 0.2) is 53.4 Å². The van der Waals surface area contributed by atoms with Crippen LogP contribution in [0.5, 0.6) is 5.75 Å². The van der Waals surface area contributed by atoms with Gasteiger partial charge >= 0.3 is 0 Å². The number of nitrogens with zero attached hydrogens (tertiary/aromatic N) is 1. The van der Waals surface area contributed by atoms with Crippen LogP contribution in [0.2, 0.25) is 0 Å². The number of nitrogens with one attached hydrogen (secondary N) is 1. The molecule has 0 spiro atoms. The number of aryl methyl sites for hydroxylation is 1. The summed E-state index contributed by atoms with van der Waals surface area (Å²) in [5.74, 6) is 0.744. The maximum Gasteiger partial charge on any atom is 0.243 e. The minimum atomic E-state index is -3.54. The van der Waals surface area contributed by atoms with Crippen LogP contribution in [0.1, 0.15) is 49.7 Å². The van der Waals surface area contributed by atoms with Crippen LogP contribution >= 0.6 is 0 Å². The number of hydrogen-bond donors (Lipinski definition) is 1. The van der Waals surface area contributed by atoms with E-state index in [0.717, 1.165) is 49.0 Å². The molecule has 1 N–H and O–H groups in total. The highest BCUT2D eigenvalue weighted by Crippen LogP contribution is 2.51. The molecule has 32 heavy (non-hydrogen) atoms. The highest BCUT2D eigenvalue weighted by Gasteiger charge is 2.52. The predicted octanol–water partition coefficient (Wildman–Crippen LogP) is 3.78. The smallest absolute Gasteiger partial charge is 0.243 e. The van der Waals surface area contributed by atoms with E-state index in [1.54, 1.807) is 23.5 Å². The highest BCUT2D eigenvalue weighted by atomic mass is 32.2. The second kappa shape index (κ2) is 9.24. The first-order valence-corrected chi connectivity index (χ1v) is 12.8. The van der Waals surface area contributed by atoms with Crippen molar-refractivity contribution in [2.24, 2.45) is 0 Å². The molecule has 2 fully saturated rings. The Morgan fingerprint density at radius 1 is 1.12 bits per heavy atom. The van der Waals surface area contributed by atoms with Gasteiger partial charge in [-0.3, -0.25) is 4.79 Å². The summed E-state index contributed by atoms with van der Waals surface area (Å²) in [6.45, 7) is 2.93. The Hall–Kier alpha value is -2.38. The number of amides is 1. The van der Waals surface area contributed by atoms with E-state index in [9.17, 15) is 13.2 Å². The maximum atomic E-state index is 13.3. The van der Waals surface area contributed by atoms with E-state index in [0.29, 0.717) is 24.4 Å². The molecule has 1 heterocycles.